The topological polar surface area (TPSA) is 56.5 Å². The van der Waals surface area contributed by atoms with Crippen LogP contribution >= 0.6 is 12.4 Å². The first kappa shape index (κ1) is 23.6. The maximum absolute atomic E-state index is 12.9. The van der Waals surface area contributed by atoms with Gasteiger partial charge in [-0.3, -0.25) is 18.8 Å². The molecule has 0 fully saturated rings. The van der Waals surface area contributed by atoms with Crippen molar-refractivity contribution in [2.75, 3.05) is 20.2 Å². The van der Waals surface area contributed by atoms with Gasteiger partial charge in [0.05, 0.1) is 18.1 Å². The lowest BCUT2D eigenvalue weighted by Gasteiger charge is -2.29. The highest BCUT2D eigenvalue weighted by atomic mass is 35.5. The lowest BCUT2D eigenvalue weighted by molar-refractivity contribution is 0.0977. The Kier molecular flexibility index (Phi) is 6.96. The standard InChI is InChI=1S/C26H31N3O3.ClH/c1-27-22-16-20(15-18-8-6-13-29(25(18)22)26(27)31)23(30)9-3-4-12-28-14-11-21-19(17-28)7-5-10-24(21)32-2;/h5,7,10,15-16H,3-4,6,8-9,11-14,17H2,1-2H3;1H. The molecule has 0 saturated heterocycles. The van der Waals surface area contributed by atoms with Crippen LogP contribution in [-0.2, 0) is 33.0 Å². The lowest BCUT2D eigenvalue weighted by atomic mass is 9.97. The first-order valence-corrected chi connectivity index (χ1v) is 11.7. The third-order valence-electron chi connectivity index (χ3n) is 7.12. The molecule has 6 nitrogen and oxygen atoms in total. The predicted octanol–water partition coefficient (Wildman–Crippen LogP) is 4.13. The van der Waals surface area contributed by atoms with Crippen LogP contribution in [0.3, 0.4) is 0 Å². The van der Waals surface area contributed by atoms with E-state index in [1.807, 2.05) is 22.8 Å². The molecule has 2 aromatic carbocycles. The SMILES string of the molecule is COc1cccc2c1CCN(CCCCC(=O)c1cc3c4c(c1)n(C)c(=O)n4CCC3)C2.Cl. The Morgan fingerprint density at radius 1 is 1.09 bits per heavy atom. The molecular formula is C26H32ClN3O3. The summed E-state index contributed by atoms with van der Waals surface area (Å²) in [6.07, 6.45) is 5.34. The molecule has 176 valence electrons. The van der Waals surface area contributed by atoms with Crippen molar-refractivity contribution in [3.8, 4) is 5.75 Å². The normalized spacial score (nSPS) is 15.2. The van der Waals surface area contributed by atoms with Crippen molar-refractivity contribution in [2.45, 2.75) is 51.6 Å². The number of rotatable bonds is 7. The number of nitrogens with zero attached hydrogens (tertiary/aromatic N) is 3. The number of benzene rings is 2. The van der Waals surface area contributed by atoms with E-state index in [0.29, 0.717) is 6.42 Å². The minimum Gasteiger partial charge on any atom is -0.496 e. The average Bonchev–Trinajstić information content (AvgIpc) is 3.07. The van der Waals surface area contributed by atoms with Crippen molar-refractivity contribution in [3.05, 3.63) is 63.1 Å². The Balaban J connectivity index is 0.00000259. The fourth-order valence-corrected chi connectivity index (χ4v) is 5.39. The molecule has 5 rings (SSSR count). The van der Waals surface area contributed by atoms with Crippen LogP contribution in [0.2, 0.25) is 0 Å². The van der Waals surface area contributed by atoms with Crippen molar-refractivity contribution in [1.82, 2.24) is 14.0 Å². The number of ketones is 1. The van der Waals surface area contributed by atoms with Gasteiger partial charge < -0.3 is 4.74 Å². The molecule has 0 bridgehead atoms. The molecule has 2 aliphatic heterocycles. The van der Waals surface area contributed by atoms with E-state index in [-0.39, 0.29) is 23.9 Å². The summed E-state index contributed by atoms with van der Waals surface area (Å²) in [5.74, 6) is 1.18. The van der Waals surface area contributed by atoms with Gasteiger partial charge >= 0.3 is 5.69 Å². The number of hydrogen-bond acceptors (Lipinski definition) is 4. The second-order valence-corrected chi connectivity index (χ2v) is 9.10. The summed E-state index contributed by atoms with van der Waals surface area (Å²) in [6, 6.07) is 10.2. The van der Waals surface area contributed by atoms with Crippen LogP contribution in [0.15, 0.2) is 35.1 Å². The van der Waals surface area contributed by atoms with Gasteiger partial charge in [-0.25, -0.2) is 4.79 Å². The zero-order valence-corrected chi connectivity index (χ0v) is 20.2. The van der Waals surface area contributed by atoms with E-state index >= 15 is 0 Å². The second kappa shape index (κ2) is 9.74. The number of Topliss-reactive ketones (excluding diaryl/α,β-unsaturated/α-hetero) is 1. The molecule has 0 spiro atoms. The number of unbranched alkanes of at least 4 members (excludes halogenated alkanes) is 1. The number of hydrogen-bond donors (Lipinski definition) is 0. The second-order valence-electron chi connectivity index (χ2n) is 9.10. The van der Waals surface area contributed by atoms with Gasteiger partial charge in [0.2, 0.25) is 0 Å². The van der Waals surface area contributed by atoms with Crippen LogP contribution < -0.4 is 10.4 Å². The fourth-order valence-electron chi connectivity index (χ4n) is 5.39. The molecule has 0 amide bonds. The molecule has 3 heterocycles. The van der Waals surface area contributed by atoms with E-state index in [0.717, 1.165) is 86.2 Å². The third-order valence-corrected chi connectivity index (χ3v) is 7.12. The zero-order chi connectivity index (χ0) is 22.2. The molecule has 0 atom stereocenters. The molecule has 0 N–H and O–H groups in total. The van der Waals surface area contributed by atoms with Crippen molar-refractivity contribution >= 4 is 29.2 Å². The molecule has 7 heteroatoms. The molecule has 0 unspecified atom stereocenters. The fraction of sp³-hybridized carbons (Fsp3) is 0.462. The molecule has 0 aliphatic carbocycles. The van der Waals surface area contributed by atoms with Crippen molar-refractivity contribution in [2.24, 2.45) is 7.05 Å². The first-order chi connectivity index (χ1) is 15.6. The zero-order valence-electron chi connectivity index (χ0n) is 19.4. The summed E-state index contributed by atoms with van der Waals surface area (Å²) in [7, 11) is 3.54. The van der Waals surface area contributed by atoms with Gasteiger partial charge in [-0.2, -0.15) is 0 Å². The predicted molar refractivity (Wildman–Crippen MR) is 133 cm³/mol. The van der Waals surface area contributed by atoms with Crippen LogP contribution in [0, 0.1) is 0 Å². The number of aryl methyl sites for hydroxylation is 3. The van der Waals surface area contributed by atoms with E-state index < -0.39 is 0 Å². The monoisotopic (exact) mass is 469 g/mol. The van der Waals surface area contributed by atoms with E-state index in [4.69, 9.17) is 4.74 Å². The van der Waals surface area contributed by atoms with E-state index in [1.54, 1.807) is 18.7 Å². The summed E-state index contributed by atoms with van der Waals surface area (Å²) in [5.41, 5.74) is 6.50. The van der Waals surface area contributed by atoms with Crippen LogP contribution in [0.1, 0.15) is 52.7 Å². The van der Waals surface area contributed by atoms with Gasteiger partial charge in [0.15, 0.2) is 5.78 Å². The number of ether oxygens (including phenoxy) is 1. The van der Waals surface area contributed by atoms with Crippen LogP contribution in [0.25, 0.3) is 11.0 Å². The summed E-state index contributed by atoms with van der Waals surface area (Å²) >= 11 is 0. The van der Waals surface area contributed by atoms with Gasteiger partial charge in [-0.15, -0.1) is 12.4 Å². The highest BCUT2D eigenvalue weighted by Crippen LogP contribution is 2.28. The molecule has 3 aromatic rings. The molecule has 0 saturated carbocycles. The molecule has 2 aliphatic rings. The number of halogens is 1. The quantitative estimate of drug-likeness (QED) is 0.385. The van der Waals surface area contributed by atoms with E-state index in [1.165, 1.54) is 11.1 Å². The van der Waals surface area contributed by atoms with Gasteiger partial charge in [0.25, 0.3) is 0 Å². The Bertz CT molecular complexity index is 1240. The Hall–Kier alpha value is -2.57. The smallest absolute Gasteiger partial charge is 0.328 e. The maximum atomic E-state index is 12.9. The van der Waals surface area contributed by atoms with Gasteiger partial charge in [-0.05, 0) is 73.5 Å². The minimum absolute atomic E-state index is 0. The molecular weight excluding hydrogens is 438 g/mol. The first-order valence-electron chi connectivity index (χ1n) is 11.7. The van der Waals surface area contributed by atoms with Crippen molar-refractivity contribution in [1.29, 1.82) is 0 Å². The number of aromatic nitrogens is 2. The highest BCUT2D eigenvalue weighted by Gasteiger charge is 2.21. The largest absolute Gasteiger partial charge is 0.496 e. The molecule has 0 radical (unpaired) electrons. The summed E-state index contributed by atoms with van der Waals surface area (Å²) in [6.45, 7) is 3.76. The Morgan fingerprint density at radius 2 is 1.94 bits per heavy atom. The summed E-state index contributed by atoms with van der Waals surface area (Å²) in [5, 5.41) is 0. The van der Waals surface area contributed by atoms with Crippen molar-refractivity contribution < 1.29 is 9.53 Å². The van der Waals surface area contributed by atoms with Crippen LogP contribution in [0.4, 0.5) is 0 Å². The average molecular weight is 470 g/mol. The number of carbonyl (C=O) groups is 1. The van der Waals surface area contributed by atoms with E-state index in [9.17, 15) is 9.59 Å². The number of imidazole rings is 1. The van der Waals surface area contributed by atoms with Gasteiger partial charge in [0.1, 0.15) is 5.75 Å². The third kappa shape index (κ3) is 4.34. The number of carbonyl (C=O) groups excluding carboxylic acids is 1. The van der Waals surface area contributed by atoms with Crippen LogP contribution in [0.5, 0.6) is 5.75 Å². The summed E-state index contributed by atoms with van der Waals surface area (Å²) < 4.78 is 9.04. The minimum atomic E-state index is 0. The molecule has 33 heavy (non-hydrogen) atoms. The highest BCUT2D eigenvalue weighted by molar-refractivity contribution is 6.00. The lowest BCUT2D eigenvalue weighted by Crippen LogP contribution is -2.31. The van der Waals surface area contributed by atoms with Gasteiger partial charge in [-0.1, -0.05) is 12.1 Å². The summed E-state index contributed by atoms with van der Waals surface area (Å²) in [4.78, 5) is 27.9. The number of methoxy groups -OCH3 is 1. The number of fused-ring (bicyclic) bond motifs is 1. The molecule has 1 aromatic heterocycles. The van der Waals surface area contributed by atoms with E-state index in [2.05, 4.69) is 17.0 Å². The van der Waals surface area contributed by atoms with Crippen molar-refractivity contribution in [3.63, 3.8) is 0 Å². The Morgan fingerprint density at radius 3 is 2.76 bits per heavy atom. The Labute approximate surface area is 200 Å². The maximum Gasteiger partial charge on any atom is 0.328 e. The van der Waals surface area contributed by atoms with Crippen LogP contribution in [-0.4, -0.2) is 40.0 Å². The van der Waals surface area contributed by atoms with Gasteiger partial charge in [0, 0.05) is 38.7 Å².